The van der Waals surface area contributed by atoms with Crippen LogP contribution in [0.5, 0.6) is 0 Å². The summed E-state index contributed by atoms with van der Waals surface area (Å²) >= 11 is 0. The first kappa shape index (κ1) is 11.0. The van der Waals surface area contributed by atoms with Gasteiger partial charge >= 0.3 is 0 Å². The first-order valence-corrected chi connectivity index (χ1v) is 6.07. The molecule has 1 fully saturated rings. The van der Waals surface area contributed by atoms with Crippen molar-refractivity contribution in [1.29, 1.82) is 5.26 Å². The van der Waals surface area contributed by atoms with Crippen LogP contribution in [0.3, 0.4) is 0 Å². The van der Waals surface area contributed by atoms with Crippen LogP contribution in [0.25, 0.3) is 0 Å². The van der Waals surface area contributed by atoms with E-state index in [0.29, 0.717) is 5.92 Å². The summed E-state index contributed by atoms with van der Waals surface area (Å²) in [7, 11) is 0. The smallest absolute Gasteiger partial charge is 0.0760 e. The van der Waals surface area contributed by atoms with E-state index in [4.69, 9.17) is 5.73 Å². The van der Waals surface area contributed by atoms with Crippen LogP contribution in [0.4, 0.5) is 5.69 Å². The molecule has 2 nitrogen and oxygen atoms in total. The Hall–Kier alpha value is -1.49. The predicted octanol–water partition coefficient (Wildman–Crippen LogP) is 3.46. The lowest BCUT2D eigenvalue weighted by Gasteiger charge is -2.26. The topological polar surface area (TPSA) is 49.8 Å². The third-order valence-corrected chi connectivity index (χ3v) is 3.59. The summed E-state index contributed by atoms with van der Waals surface area (Å²) < 4.78 is 0. The minimum absolute atomic E-state index is 0.0125. The van der Waals surface area contributed by atoms with E-state index < -0.39 is 0 Å². The highest BCUT2D eigenvalue weighted by Gasteiger charge is 2.25. The van der Waals surface area contributed by atoms with Gasteiger partial charge in [0.25, 0.3) is 0 Å². The number of para-hydroxylation sites is 1. The summed E-state index contributed by atoms with van der Waals surface area (Å²) in [6, 6.07) is 10.2. The molecule has 1 saturated carbocycles. The number of anilines is 1. The molecule has 0 aliphatic heterocycles. The van der Waals surface area contributed by atoms with E-state index >= 15 is 0 Å². The molecule has 0 spiro atoms. The minimum atomic E-state index is -0.0125. The van der Waals surface area contributed by atoms with Crippen LogP contribution >= 0.6 is 0 Å². The number of hydrogen-bond donors (Lipinski definition) is 1. The molecule has 1 aliphatic rings. The van der Waals surface area contributed by atoms with Crippen LogP contribution in [0.1, 0.15) is 43.6 Å². The lowest BCUT2D eigenvalue weighted by atomic mass is 9.77. The van der Waals surface area contributed by atoms with Crippen LogP contribution < -0.4 is 5.73 Å². The second kappa shape index (κ2) is 5.03. The fraction of sp³-hybridized carbons (Fsp3) is 0.500. The van der Waals surface area contributed by atoms with Gasteiger partial charge in [0, 0.05) is 5.69 Å². The van der Waals surface area contributed by atoms with Crippen molar-refractivity contribution in [1.82, 2.24) is 0 Å². The first-order valence-electron chi connectivity index (χ1n) is 6.07. The molecule has 0 radical (unpaired) electrons. The molecule has 2 heteroatoms. The van der Waals surface area contributed by atoms with Gasteiger partial charge in [0.1, 0.15) is 0 Å². The van der Waals surface area contributed by atoms with Crippen molar-refractivity contribution >= 4 is 5.69 Å². The molecule has 0 amide bonds. The van der Waals surface area contributed by atoms with Crippen molar-refractivity contribution in [3.63, 3.8) is 0 Å². The largest absolute Gasteiger partial charge is 0.398 e. The van der Waals surface area contributed by atoms with Gasteiger partial charge < -0.3 is 5.73 Å². The van der Waals surface area contributed by atoms with E-state index in [1.54, 1.807) is 0 Å². The fourth-order valence-corrected chi connectivity index (χ4v) is 2.69. The molecule has 84 valence electrons. The lowest BCUT2D eigenvalue weighted by Crippen LogP contribution is -2.16. The predicted molar refractivity (Wildman–Crippen MR) is 65.8 cm³/mol. The Bertz CT molecular complexity index is 386. The summed E-state index contributed by atoms with van der Waals surface area (Å²) in [5, 5.41) is 9.35. The van der Waals surface area contributed by atoms with E-state index in [2.05, 4.69) is 6.07 Å². The number of nitriles is 1. The molecule has 1 atom stereocenters. The average Bonchev–Trinajstić information content (AvgIpc) is 2.34. The molecule has 1 unspecified atom stereocenters. The zero-order chi connectivity index (χ0) is 11.4. The number of nitrogen functional groups attached to an aromatic ring is 1. The quantitative estimate of drug-likeness (QED) is 0.766. The standard InChI is InChI=1S/C14H18N2/c15-10-13(11-6-2-1-3-7-11)12-8-4-5-9-14(12)16/h4-5,8-9,11,13H,1-3,6-7,16H2. The van der Waals surface area contributed by atoms with Crippen LogP contribution in [-0.2, 0) is 0 Å². The van der Waals surface area contributed by atoms with Crippen molar-refractivity contribution in [2.75, 3.05) is 5.73 Å². The summed E-state index contributed by atoms with van der Waals surface area (Å²) in [5.41, 5.74) is 7.74. The fourth-order valence-electron chi connectivity index (χ4n) is 2.69. The normalized spacial score (nSPS) is 18.9. The molecule has 1 aromatic carbocycles. The third kappa shape index (κ3) is 2.19. The van der Waals surface area contributed by atoms with Gasteiger partial charge in [0.2, 0.25) is 0 Å². The summed E-state index contributed by atoms with van der Waals surface area (Å²) in [5.74, 6) is 0.491. The van der Waals surface area contributed by atoms with E-state index in [0.717, 1.165) is 11.3 Å². The SMILES string of the molecule is N#CC(c1ccccc1N)C1CCCCC1. The van der Waals surface area contributed by atoms with Crippen molar-refractivity contribution in [2.24, 2.45) is 5.92 Å². The Kier molecular flexibility index (Phi) is 3.46. The maximum atomic E-state index is 9.35. The molecule has 0 bridgehead atoms. The van der Waals surface area contributed by atoms with Gasteiger partial charge in [-0.2, -0.15) is 5.26 Å². The monoisotopic (exact) mass is 214 g/mol. The van der Waals surface area contributed by atoms with Gasteiger partial charge in [-0.05, 0) is 30.4 Å². The number of nitrogens with zero attached hydrogens (tertiary/aromatic N) is 1. The highest BCUT2D eigenvalue weighted by molar-refractivity contribution is 5.50. The molecule has 1 aromatic rings. The molecule has 2 N–H and O–H groups in total. The van der Waals surface area contributed by atoms with E-state index in [1.165, 1.54) is 32.1 Å². The Morgan fingerprint density at radius 3 is 2.50 bits per heavy atom. The average molecular weight is 214 g/mol. The van der Waals surface area contributed by atoms with Crippen LogP contribution in [0.2, 0.25) is 0 Å². The van der Waals surface area contributed by atoms with E-state index in [-0.39, 0.29) is 5.92 Å². The molecular formula is C14H18N2. The minimum Gasteiger partial charge on any atom is -0.398 e. The van der Waals surface area contributed by atoms with Crippen LogP contribution in [0.15, 0.2) is 24.3 Å². The lowest BCUT2D eigenvalue weighted by molar-refractivity contribution is 0.336. The molecular weight excluding hydrogens is 196 g/mol. The summed E-state index contributed by atoms with van der Waals surface area (Å²) in [4.78, 5) is 0. The van der Waals surface area contributed by atoms with Crippen LogP contribution in [0, 0.1) is 17.2 Å². The molecule has 0 heterocycles. The Morgan fingerprint density at radius 1 is 1.19 bits per heavy atom. The second-order valence-corrected chi connectivity index (χ2v) is 4.63. The summed E-state index contributed by atoms with van der Waals surface area (Å²) in [6.45, 7) is 0. The molecule has 2 rings (SSSR count). The van der Waals surface area contributed by atoms with Gasteiger partial charge in [0.05, 0.1) is 12.0 Å². The van der Waals surface area contributed by atoms with Crippen molar-refractivity contribution < 1.29 is 0 Å². The zero-order valence-electron chi connectivity index (χ0n) is 9.52. The molecule has 0 saturated heterocycles. The summed E-state index contributed by atoms with van der Waals surface area (Å²) in [6.07, 6.45) is 6.18. The highest BCUT2D eigenvalue weighted by Crippen LogP contribution is 2.37. The van der Waals surface area contributed by atoms with Gasteiger partial charge in [-0.15, -0.1) is 0 Å². The maximum Gasteiger partial charge on any atom is 0.0760 e. The third-order valence-electron chi connectivity index (χ3n) is 3.59. The maximum absolute atomic E-state index is 9.35. The molecule has 0 aromatic heterocycles. The van der Waals surface area contributed by atoms with E-state index in [9.17, 15) is 5.26 Å². The van der Waals surface area contributed by atoms with Crippen molar-refractivity contribution in [3.05, 3.63) is 29.8 Å². The van der Waals surface area contributed by atoms with Gasteiger partial charge in [-0.25, -0.2) is 0 Å². The first-order chi connectivity index (χ1) is 7.83. The zero-order valence-corrected chi connectivity index (χ0v) is 9.52. The van der Waals surface area contributed by atoms with Gasteiger partial charge in [0.15, 0.2) is 0 Å². The number of rotatable bonds is 2. The van der Waals surface area contributed by atoms with Gasteiger partial charge in [-0.1, -0.05) is 37.5 Å². The Labute approximate surface area is 97.1 Å². The second-order valence-electron chi connectivity index (χ2n) is 4.63. The molecule has 16 heavy (non-hydrogen) atoms. The number of nitrogens with two attached hydrogens (primary N) is 1. The van der Waals surface area contributed by atoms with Gasteiger partial charge in [-0.3, -0.25) is 0 Å². The number of benzene rings is 1. The Balaban J connectivity index is 2.22. The van der Waals surface area contributed by atoms with Crippen molar-refractivity contribution in [3.8, 4) is 6.07 Å². The highest BCUT2D eigenvalue weighted by atomic mass is 14.6. The van der Waals surface area contributed by atoms with E-state index in [1.807, 2.05) is 24.3 Å². The van der Waals surface area contributed by atoms with Crippen LogP contribution in [-0.4, -0.2) is 0 Å². The number of hydrogen-bond acceptors (Lipinski definition) is 2. The van der Waals surface area contributed by atoms with Crippen molar-refractivity contribution in [2.45, 2.75) is 38.0 Å². The molecule has 1 aliphatic carbocycles. The Morgan fingerprint density at radius 2 is 1.88 bits per heavy atom.